The highest BCUT2D eigenvalue weighted by Crippen LogP contribution is 2.59. The van der Waals surface area contributed by atoms with E-state index in [-0.39, 0.29) is 17.4 Å². The summed E-state index contributed by atoms with van der Waals surface area (Å²) in [5, 5.41) is 3.71. The van der Waals surface area contributed by atoms with Gasteiger partial charge < -0.3 is 5.32 Å². The Morgan fingerprint density at radius 2 is 1.63 bits per heavy atom. The number of halogens is 2. The van der Waals surface area contributed by atoms with E-state index in [2.05, 4.69) is 31.0 Å². The molecule has 1 aliphatic heterocycles. The number of rotatable bonds is 2. The van der Waals surface area contributed by atoms with Crippen molar-refractivity contribution in [3.63, 3.8) is 0 Å². The van der Waals surface area contributed by atoms with E-state index in [1.807, 2.05) is 0 Å². The minimum atomic E-state index is -2.35. The molecule has 1 N–H and O–H groups in total. The molecule has 3 rings (SSSR count). The molecule has 1 heterocycles. The second kappa shape index (κ2) is 4.39. The molecule has 4 heteroatoms. The molecule has 0 aromatic rings. The van der Waals surface area contributed by atoms with Gasteiger partial charge in [0.2, 0.25) is 0 Å². The lowest BCUT2D eigenvalue weighted by atomic mass is 9.87. The van der Waals surface area contributed by atoms with Crippen molar-refractivity contribution >= 4 is 0 Å². The fourth-order valence-corrected chi connectivity index (χ4v) is 4.08. The molecule has 2 aliphatic carbocycles. The Kier molecular flexibility index (Phi) is 3.17. The first-order chi connectivity index (χ1) is 8.79. The Labute approximate surface area is 114 Å². The van der Waals surface area contributed by atoms with Gasteiger partial charge in [0.05, 0.1) is 0 Å². The molecule has 0 bridgehead atoms. The summed E-state index contributed by atoms with van der Waals surface area (Å²) >= 11 is 0. The summed E-state index contributed by atoms with van der Waals surface area (Å²) in [6, 6.07) is 0.941. The maximum atomic E-state index is 13.3. The molecule has 0 radical (unpaired) electrons. The number of fused-ring (bicyclic) bond motifs is 1. The predicted molar refractivity (Wildman–Crippen MR) is 72.4 cm³/mol. The summed E-state index contributed by atoms with van der Waals surface area (Å²) in [7, 11) is 0. The average Bonchev–Trinajstić information content (AvgIpc) is 2.69. The molecule has 1 saturated heterocycles. The molecule has 0 aromatic carbocycles. The van der Waals surface area contributed by atoms with Gasteiger partial charge >= 0.3 is 0 Å². The van der Waals surface area contributed by atoms with Gasteiger partial charge in [-0.15, -0.1) is 0 Å². The van der Waals surface area contributed by atoms with E-state index in [0.717, 1.165) is 0 Å². The highest BCUT2D eigenvalue weighted by Gasteiger charge is 2.72. The van der Waals surface area contributed by atoms with Crippen LogP contribution in [0.4, 0.5) is 8.78 Å². The Hall–Kier alpha value is -0.220. The van der Waals surface area contributed by atoms with Crippen molar-refractivity contribution in [2.75, 3.05) is 13.1 Å². The van der Waals surface area contributed by atoms with Crippen LogP contribution in [0.1, 0.15) is 46.5 Å². The average molecular weight is 272 g/mol. The van der Waals surface area contributed by atoms with E-state index >= 15 is 0 Å². The van der Waals surface area contributed by atoms with Crippen molar-refractivity contribution in [2.24, 2.45) is 11.8 Å². The summed E-state index contributed by atoms with van der Waals surface area (Å²) < 4.78 is 26.6. The quantitative estimate of drug-likeness (QED) is 0.831. The number of nitrogens with zero attached hydrogens (tertiary/aromatic N) is 1. The molecular formula is C15H26F2N2. The maximum Gasteiger partial charge on any atom is 0.257 e. The highest BCUT2D eigenvalue weighted by molar-refractivity contribution is 5.13. The van der Waals surface area contributed by atoms with Gasteiger partial charge in [0, 0.05) is 42.5 Å². The predicted octanol–water partition coefficient (Wildman–Crippen LogP) is 2.88. The van der Waals surface area contributed by atoms with Crippen molar-refractivity contribution in [1.82, 2.24) is 10.2 Å². The Morgan fingerprint density at radius 1 is 1.05 bits per heavy atom. The molecule has 2 unspecified atom stereocenters. The third-order valence-corrected chi connectivity index (χ3v) is 5.04. The van der Waals surface area contributed by atoms with Crippen LogP contribution in [0.25, 0.3) is 0 Å². The van der Waals surface area contributed by atoms with Crippen molar-refractivity contribution in [2.45, 2.75) is 70.0 Å². The summed E-state index contributed by atoms with van der Waals surface area (Å²) in [5.74, 6) is -3.03. The molecule has 0 amide bonds. The number of piperidine rings is 1. The molecule has 3 fully saturated rings. The molecule has 0 spiro atoms. The van der Waals surface area contributed by atoms with Crippen molar-refractivity contribution < 1.29 is 8.78 Å². The molecule has 2 nitrogen and oxygen atoms in total. The van der Waals surface area contributed by atoms with Crippen LogP contribution in [0.15, 0.2) is 0 Å². The first-order valence-corrected chi connectivity index (χ1v) is 7.68. The third kappa shape index (κ3) is 2.54. The molecule has 19 heavy (non-hydrogen) atoms. The molecule has 4 atom stereocenters. The fraction of sp³-hybridized carbons (Fsp3) is 1.00. The van der Waals surface area contributed by atoms with Crippen LogP contribution in [-0.2, 0) is 0 Å². The van der Waals surface area contributed by atoms with Gasteiger partial charge in [-0.2, -0.15) is 0 Å². The van der Waals surface area contributed by atoms with Crippen LogP contribution < -0.4 is 5.32 Å². The lowest BCUT2D eigenvalue weighted by Crippen LogP contribution is -2.56. The molecule has 3 aliphatic rings. The molecular weight excluding hydrogens is 246 g/mol. The maximum absolute atomic E-state index is 13.3. The van der Waals surface area contributed by atoms with Crippen LogP contribution in [0.2, 0.25) is 0 Å². The minimum Gasteiger partial charge on any atom is -0.308 e. The first kappa shape index (κ1) is 13.7. The number of alkyl halides is 2. The standard InChI is InChI=1S/C15H26F2N2/c1-14(2,3)18-12-6-4-5-7-13(12)19-8-10-11(9-19)15(10,16)17/h10-13,18H,4-9H2,1-3H3/t10?,11?,12-,13-/m0/s1. The highest BCUT2D eigenvalue weighted by atomic mass is 19.3. The van der Waals surface area contributed by atoms with Crippen molar-refractivity contribution in [3.8, 4) is 0 Å². The smallest absolute Gasteiger partial charge is 0.257 e. The van der Waals surface area contributed by atoms with E-state index in [0.29, 0.717) is 25.2 Å². The summed E-state index contributed by atoms with van der Waals surface area (Å²) in [6.07, 6.45) is 4.86. The van der Waals surface area contributed by atoms with Gasteiger partial charge in [-0.1, -0.05) is 12.8 Å². The lowest BCUT2D eigenvalue weighted by Gasteiger charge is -2.42. The Morgan fingerprint density at radius 3 is 2.21 bits per heavy atom. The number of nitrogens with one attached hydrogen (secondary N) is 1. The van der Waals surface area contributed by atoms with Crippen LogP contribution in [0, 0.1) is 11.8 Å². The van der Waals surface area contributed by atoms with Crippen LogP contribution in [0.5, 0.6) is 0 Å². The van der Waals surface area contributed by atoms with Gasteiger partial charge in [-0.3, -0.25) is 4.90 Å². The van der Waals surface area contributed by atoms with Gasteiger partial charge in [-0.25, -0.2) is 8.78 Å². The SMILES string of the molecule is CC(C)(C)N[C@H]1CCCC[C@@H]1N1CC2C(C1)C2(F)F. The summed E-state index contributed by atoms with van der Waals surface area (Å²) in [6.45, 7) is 7.80. The minimum absolute atomic E-state index is 0.104. The van der Waals surface area contributed by atoms with Crippen LogP contribution in [0.3, 0.4) is 0 Å². The topological polar surface area (TPSA) is 15.3 Å². The van der Waals surface area contributed by atoms with E-state index in [9.17, 15) is 8.78 Å². The van der Waals surface area contributed by atoms with Crippen molar-refractivity contribution in [1.29, 1.82) is 0 Å². The monoisotopic (exact) mass is 272 g/mol. The molecule has 0 aromatic heterocycles. The second-order valence-electron chi connectivity index (χ2n) is 7.69. The normalized spacial score (nSPS) is 42.2. The van der Waals surface area contributed by atoms with Gasteiger partial charge in [0.15, 0.2) is 0 Å². The van der Waals surface area contributed by atoms with Crippen molar-refractivity contribution in [3.05, 3.63) is 0 Å². The zero-order chi connectivity index (χ0) is 13.8. The van der Waals surface area contributed by atoms with Gasteiger partial charge in [0.1, 0.15) is 0 Å². The number of likely N-dealkylation sites (tertiary alicyclic amines) is 1. The molecule has 2 saturated carbocycles. The van der Waals surface area contributed by atoms with Gasteiger partial charge in [-0.05, 0) is 33.6 Å². The zero-order valence-corrected chi connectivity index (χ0v) is 12.3. The Balaban J connectivity index is 1.62. The largest absolute Gasteiger partial charge is 0.308 e. The lowest BCUT2D eigenvalue weighted by molar-refractivity contribution is 0.0300. The number of hydrogen-bond donors (Lipinski definition) is 1. The summed E-state index contributed by atoms with van der Waals surface area (Å²) in [5.41, 5.74) is 0.104. The van der Waals surface area contributed by atoms with E-state index in [4.69, 9.17) is 0 Å². The fourth-order valence-electron chi connectivity index (χ4n) is 4.08. The van der Waals surface area contributed by atoms with Crippen LogP contribution >= 0.6 is 0 Å². The van der Waals surface area contributed by atoms with E-state index in [1.165, 1.54) is 25.7 Å². The summed E-state index contributed by atoms with van der Waals surface area (Å²) in [4.78, 5) is 2.34. The van der Waals surface area contributed by atoms with E-state index in [1.54, 1.807) is 0 Å². The third-order valence-electron chi connectivity index (χ3n) is 5.04. The first-order valence-electron chi connectivity index (χ1n) is 7.68. The zero-order valence-electron chi connectivity index (χ0n) is 12.3. The Bertz CT molecular complexity index is 337. The van der Waals surface area contributed by atoms with E-state index < -0.39 is 5.92 Å². The second-order valence-corrected chi connectivity index (χ2v) is 7.69. The number of hydrogen-bond acceptors (Lipinski definition) is 2. The van der Waals surface area contributed by atoms with Gasteiger partial charge in [0.25, 0.3) is 5.92 Å². The molecule has 110 valence electrons. The van der Waals surface area contributed by atoms with Crippen LogP contribution in [-0.4, -0.2) is 41.5 Å².